The number of fused-ring (bicyclic) bond motifs is 1. The van der Waals surface area contributed by atoms with Crippen molar-refractivity contribution in [1.29, 1.82) is 0 Å². The normalized spacial score (nSPS) is 20.8. The second-order valence-corrected chi connectivity index (χ2v) is 10.8. The van der Waals surface area contributed by atoms with Gasteiger partial charge in [0.1, 0.15) is 23.3 Å². The van der Waals surface area contributed by atoms with Crippen LogP contribution in [0.1, 0.15) is 80.2 Å². The van der Waals surface area contributed by atoms with Gasteiger partial charge in [-0.1, -0.05) is 44.2 Å². The lowest BCUT2D eigenvalue weighted by Gasteiger charge is -2.43. The van der Waals surface area contributed by atoms with Crippen molar-refractivity contribution in [1.82, 2.24) is 0 Å². The molecule has 1 saturated carbocycles. The summed E-state index contributed by atoms with van der Waals surface area (Å²) in [7, 11) is 0. The molecule has 1 fully saturated rings. The predicted octanol–water partition coefficient (Wildman–Crippen LogP) is 7.46. The average Bonchev–Trinajstić information content (AvgIpc) is 3.46. The van der Waals surface area contributed by atoms with Crippen molar-refractivity contribution in [3.8, 4) is 5.75 Å². The average molecular weight is 522 g/mol. The number of carbonyl (C=O) groups excluding carboxylic acids is 1. The number of benzene rings is 2. The number of nitrogens with one attached hydrogen (secondary N) is 1. The fraction of sp³-hybridized carbons (Fsp3) is 0.452. The van der Waals surface area contributed by atoms with E-state index in [1.807, 2.05) is 32.0 Å². The van der Waals surface area contributed by atoms with Crippen LogP contribution in [0.15, 0.2) is 65.3 Å². The minimum atomic E-state index is -0.826. The molecular weight excluding hydrogens is 485 g/mol. The van der Waals surface area contributed by atoms with Gasteiger partial charge in [0.05, 0.1) is 6.26 Å². The van der Waals surface area contributed by atoms with Crippen molar-refractivity contribution in [2.45, 2.75) is 76.7 Å². The molecule has 0 radical (unpaired) electrons. The third kappa shape index (κ3) is 6.21. The van der Waals surface area contributed by atoms with E-state index in [1.165, 1.54) is 50.5 Å². The van der Waals surface area contributed by atoms with E-state index in [2.05, 4.69) is 5.32 Å². The maximum Gasteiger partial charge on any atom is 0.374 e. The van der Waals surface area contributed by atoms with E-state index in [4.69, 9.17) is 18.6 Å². The van der Waals surface area contributed by atoms with Crippen LogP contribution in [0.4, 0.5) is 10.1 Å². The maximum atomic E-state index is 13.3. The predicted molar refractivity (Wildman–Crippen MR) is 143 cm³/mol. The van der Waals surface area contributed by atoms with Gasteiger partial charge in [-0.05, 0) is 74.2 Å². The van der Waals surface area contributed by atoms with E-state index in [-0.39, 0.29) is 11.6 Å². The lowest BCUT2D eigenvalue weighted by atomic mass is 9.86. The molecule has 0 bridgehead atoms. The fourth-order valence-corrected chi connectivity index (χ4v) is 5.44. The van der Waals surface area contributed by atoms with Crippen LogP contribution in [-0.2, 0) is 16.0 Å². The molecule has 1 aliphatic heterocycles. The number of hydrogen-bond acceptors (Lipinski definition) is 6. The third-order valence-corrected chi connectivity index (χ3v) is 7.56. The van der Waals surface area contributed by atoms with Crippen LogP contribution < -0.4 is 10.1 Å². The molecule has 2 unspecified atom stereocenters. The molecule has 2 atom stereocenters. The third-order valence-electron chi connectivity index (χ3n) is 7.56. The van der Waals surface area contributed by atoms with Crippen molar-refractivity contribution >= 4 is 11.7 Å². The van der Waals surface area contributed by atoms with Crippen molar-refractivity contribution in [3.05, 3.63) is 83.6 Å². The van der Waals surface area contributed by atoms with Gasteiger partial charge in [0, 0.05) is 24.4 Å². The summed E-state index contributed by atoms with van der Waals surface area (Å²) in [6, 6.07) is 15.5. The number of halogens is 1. The second kappa shape index (κ2) is 11.6. The zero-order valence-electron chi connectivity index (χ0n) is 22.1. The first-order chi connectivity index (χ1) is 18.4. The Labute approximate surface area is 223 Å². The van der Waals surface area contributed by atoms with Crippen LogP contribution in [0.25, 0.3) is 0 Å². The fourth-order valence-electron chi connectivity index (χ4n) is 5.44. The highest BCUT2D eigenvalue weighted by atomic mass is 19.1. The summed E-state index contributed by atoms with van der Waals surface area (Å²) in [6.07, 6.45) is 7.60. The van der Waals surface area contributed by atoms with Crippen LogP contribution in [0, 0.1) is 11.7 Å². The first-order valence-electron chi connectivity index (χ1n) is 13.6. The monoisotopic (exact) mass is 521 g/mol. The molecule has 202 valence electrons. The quantitative estimate of drug-likeness (QED) is 0.295. The number of carbonyl (C=O) groups is 1. The Morgan fingerprint density at radius 3 is 2.61 bits per heavy atom. The highest BCUT2D eigenvalue weighted by molar-refractivity contribution is 5.86. The molecule has 2 aromatic carbocycles. The topological polar surface area (TPSA) is 69.9 Å². The Morgan fingerprint density at radius 2 is 1.87 bits per heavy atom. The molecule has 1 N–H and O–H groups in total. The van der Waals surface area contributed by atoms with Crippen LogP contribution in [0.3, 0.4) is 0 Å². The van der Waals surface area contributed by atoms with Gasteiger partial charge in [0.25, 0.3) is 0 Å². The molecule has 0 spiro atoms. The molecule has 1 aliphatic carbocycles. The Bertz CT molecular complexity index is 1200. The molecule has 0 saturated heterocycles. The van der Waals surface area contributed by atoms with Crippen molar-refractivity contribution in [3.63, 3.8) is 0 Å². The largest absolute Gasteiger partial charge is 0.483 e. The van der Waals surface area contributed by atoms with E-state index < -0.39 is 23.8 Å². The van der Waals surface area contributed by atoms with Crippen LogP contribution in [0.5, 0.6) is 5.75 Å². The Morgan fingerprint density at radius 1 is 1.08 bits per heavy atom. The Kier molecular flexibility index (Phi) is 8.03. The summed E-state index contributed by atoms with van der Waals surface area (Å²) in [5, 5.41) is 3.40. The molecule has 6 nitrogen and oxygen atoms in total. The summed E-state index contributed by atoms with van der Waals surface area (Å²) < 4.78 is 37.5. The molecule has 1 aromatic heterocycles. The summed E-state index contributed by atoms with van der Waals surface area (Å²) in [5.74, 6) is 0.707. The highest BCUT2D eigenvalue weighted by Crippen LogP contribution is 2.45. The second-order valence-electron chi connectivity index (χ2n) is 10.8. The zero-order chi connectivity index (χ0) is 26.5. The zero-order valence-corrected chi connectivity index (χ0v) is 22.1. The number of furan rings is 1. The van der Waals surface area contributed by atoms with E-state index in [0.717, 1.165) is 23.2 Å². The minimum Gasteiger partial charge on any atom is -0.483 e. The van der Waals surface area contributed by atoms with Gasteiger partial charge in [0.2, 0.25) is 5.76 Å². The van der Waals surface area contributed by atoms with Gasteiger partial charge in [0.15, 0.2) is 6.10 Å². The number of esters is 1. The molecular formula is C31H36FNO5. The summed E-state index contributed by atoms with van der Waals surface area (Å²) >= 11 is 0. The maximum absolute atomic E-state index is 13.3. The molecule has 7 heteroatoms. The summed E-state index contributed by atoms with van der Waals surface area (Å²) in [5.41, 5.74) is 1.84. The van der Waals surface area contributed by atoms with Crippen molar-refractivity contribution < 1.29 is 27.8 Å². The molecule has 2 heterocycles. The number of ether oxygens (including phenoxy) is 3. The van der Waals surface area contributed by atoms with Gasteiger partial charge in [-0.3, -0.25) is 0 Å². The molecule has 38 heavy (non-hydrogen) atoms. The van der Waals surface area contributed by atoms with Crippen LogP contribution in [0.2, 0.25) is 0 Å². The lowest BCUT2D eigenvalue weighted by molar-refractivity contribution is -0.141. The van der Waals surface area contributed by atoms with E-state index in [1.54, 1.807) is 24.3 Å². The van der Waals surface area contributed by atoms with Gasteiger partial charge in [-0.15, -0.1) is 0 Å². The highest BCUT2D eigenvalue weighted by Gasteiger charge is 2.48. The number of hydrogen-bond donors (Lipinski definition) is 1. The number of rotatable bonds is 9. The molecule has 5 rings (SSSR count). The van der Waals surface area contributed by atoms with Crippen molar-refractivity contribution in [2.75, 3.05) is 11.9 Å². The van der Waals surface area contributed by atoms with Crippen molar-refractivity contribution in [2.24, 2.45) is 5.92 Å². The number of anilines is 1. The first kappa shape index (κ1) is 26.3. The molecule has 3 aromatic rings. The summed E-state index contributed by atoms with van der Waals surface area (Å²) in [4.78, 5) is 12.9. The summed E-state index contributed by atoms with van der Waals surface area (Å²) in [6.45, 7) is 4.94. The smallest absolute Gasteiger partial charge is 0.374 e. The van der Waals surface area contributed by atoms with Gasteiger partial charge < -0.3 is 23.9 Å². The Hall–Kier alpha value is -3.32. The SMILES string of the molecule is CC1(C)Oc2ccc(NCc3ccc(F)cc3)cc2C(OCCC2CCCCC2)C1OC(=O)c1ccco1. The molecule has 0 amide bonds. The standard InChI is InChI=1S/C31H36FNO5/c1-31(2)29(37-30(34)27-9-6-17-35-27)28(36-18-16-21-7-4-3-5-8-21)25-19-24(14-15-26(25)38-31)33-20-22-10-12-23(32)13-11-22/h6,9-15,17,19,21,28-29,33H,3-5,7-8,16,18,20H2,1-2H3. The van der Waals surface area contributed by atoms with E-state index in [9.17, 15) is 9.18 Å². The first-order valence-corrected chi connectivity index (χ1v) is 13.6. The minimum absolute atomic E-state index is 0.141. The van der Waals surface area contributed by atoms with E-state index >= 15 is 0 Å². The lowest BCUT2D eigenvalue weighted by Crippen LogP contribution is -2.51. The Balaban J connectivity index is 1.38. The van der Waals surface area contributed by atoms with E-state index in [0.29, 0.717) is 24.8 Å². The van der Waals surface area contributed by atoms with Crippen LogP contribution in [-0.4, -0.2) is 24.3 Å². The van der Waals surface area contributed by atoms with Gasteiger partial charge in [-0.2, -0.15) is 0 Å². The van der Waals surface area contributed by atoms with Gasteiger partial charge >= 0.3 is 5.97 Å². The molecule has 2 aliphatic rings. The van der Waals surface area contributed by atoms with Gasteiger partial charge in [-0.25, -0.2) is 9.18 Å². The van der Waals surface area contributed by atoms with Crippen LogP contribution >= 0.6 is 0 Å².